The second-order valence-electron chi connectivity index (χ2n) is 4.05. The lowest BCUT2D eigenvalue weighted by atomic mass is 10.1. The summed E-state index contributed by atoms with van der Waals surface area (Å²) in [6, 6.07) is 3.89. The zero-order valence-corrected chi connectivity index (χ0v) is 11.3. The van der Waals surface area contributed by atoms with E-state index in [1.807, 2.05) is 0 Å². The first-order valence-corrected chi connectivity index (χ1v) is 8.61. The van der Waals surface area contributed by atoms with E-state index in [2.05, 4.69) is 0 Å². The van der Waals surface area contributed by atoms with Crippen LogP contribution in [0.3, 0.4) is 0 Å². The minimum Gasteiger partial charge on any atom is -0.508 e. The zero-order valence-electron chi connectivity index (χ0n) is 9.62. The van der Waals surface area contributed by atoms with E-state index < -0.39 is 19.7 Å². The van der Waals surface area contributed by atoms with E-state index in [-0.39, 0.29) is 27.7 Å². The Morgan fingerprint density at radius 1 is 1.28 bits per heavy atom. The Bertz CT molecular complexity index is 727. The van der Waals surface area contributed by atoms with Crippen molar-refractivity contribution in [1.82, 2.24) is 0 Å². The van der Waals surface area contributed by atoms with Crippen LogP contribution in [0, 0.1) is 0 Å². The van der Waals surface area contributed by atoms with Crippen LogP contribution in [0.2, 0.25) is 0 Å². The maximum Gasteiger partial charge on any atom is 0.200 e. The second-order valence-corrected chi connectivity index (χ2v) is 8.16. The molecule has 0 atom stereocenters. The molecule has 2 rings (SSSR count). The fourth-order valence-corrected chi connectivity index (χ4v) is 4.30. The Morgan fingerprint density at radius 3 is 2.56 bits per heavy atom. The maximum absolute atomic E-state index is 11.8. The lowest BCUT2D eigenvalue weighted by Crippen LogP contribution is -2.09. The van der Waals surface area contributed by atoms with Gasteiger partial charge in [-0.15, -0.1) is 0 Å². The molecular weight excluding hydrogens is 276 g/mol. The van der Waals surface area contributed by atoms with Gasteiger partial charge in [0.25, 0.3) is 0 Å². The van der Waals surface area contributed by atoms with Crippen LogP contribution in [-0.4, -0.2) is 33.4 Å². The molecule has 98 valence electrons. The van der Waals surface area contributed by atoms with Crippen LogP contribution in [0.1, 0.15) is 12.5 Å². The van der Waals surface area contributed by atoms with Crippen LogP contribution in [0.15, 0.2) is 28.5 Å². The predicted octanol–water partition coefficient (Wildman–Crippen LogP) is 0.955. The quantitative estimate of drug-likeness (QED) is 0.894. The molecule has 18 heavy (non-hydrogen) atoms. The molecular formula is C11H12O5S2. The molecule has 1 heterocycles. The molecule has 0 amide bonds. The van der Waals surface area contributed by atoms with Crippen molar-refractivity contribution in [2.45, 2.75) is 11.8 Å². The highest BCUT2D eigenvalue weighted by Gasteiger charge is 2.29. The average Bonchev–Trinajstić information content (AvgIpc) is 2.50. The third-order valence-electron chi connectivity index (χ3n) is 2.73. The highest BCUT2D eigenvalue weighted by atomic mass is 32.2. The Hall–Kier alpha value is -1.34. The SMILES string of the molecule is CCS(=O)(=O)CC1=CS(=O)(=O)c2cc(O)ccc21. The molecule has 0 spiro atoms. The lowest BCUT2D eigenvalue weighted by molar-refractivity contribution is 0.473. The summed E-state index contributed by atoms with van der Waals surface area (Å²) < 4.78 is 46.7. The molecule has 0 unspecified atom stereocenters. The monoisotopic (exact) mass is 288 g/mol. The summed E-state index contributed by atoms with van der Waals surface area (Å²) in [5.74, 6) is -0.511. The number of fused-ring (bicyclic) bond motifs is 1. The molecule has 0 saturated carbocycles. The molecule has 7 heteroatoms. The molecule has 0 saturated heterocycles. The van der Waals surface area contributed by atoms with E-state index in [0.717, 1.165) is 11.5 Å². The molecule has 0 fully saturated rings. The molecule has 0 aromatic heterocycles. The van der Waals surface area contributed by atoms with Gasteiger partial charge in [0.1, 0.15) is 5.75 Å². The van der Waals surface area contributed by atoms with E-state index in [1.54, 1.807) is 0 Å². The van der Waals surface area contributed by atoms with Crippen LogP contribution >= 0.6 is 0 Å². The number of rotatable bonds is 3. The topological polar surface area (TPSA) is 88.5 Å². The van der Waals surface area contributed by atoms with Crippen LogP contribution in [0.4, 0.5) is 0 Å². The van der Waals surface area contributed by atoms with Gasteiger partial charge in [0.05, 0.1) is 10.6 Å². The molecule has 0 bridgehead atoms. The predicted molar refractivity (Wildman–Crippen MR) is 67.6 cm³/mol. The summed E-state index contributed by atoms with van der Waals surface area (Å²) in [6.45, 7) is 1.51. The van der Waals surface area contributed by atoms with Crippen LogP contribution in [0.25, 0.3) is 5.57 Å². The van der Waals surface area contributed by atoms with Gasteiger partial charge in [0, 0.05) is 11.2 Å². The van der Waals surface area contributed by atoms with E-state index >= 15 is 0 Å². The third kappa shape index (κ3) is 2.28. The number of phenolic OH excluding ortho intramolecular Hbond substituents is 1. The van der Waals surface area contributed by atoms with Crippen molar-refractivity contribution in [2.24, 2.45) is 0 Å². The molecule has 1 aromatic rings. The van der Waals surface area contributed by atoms with Gasteiger partial charge >= 0.3 is 0 Å². The fraction of sp³-hybridized carbons (Fsp3) is 0.273. The van der Waals surface area contributed by atoms with Crippen LogP contribution < -0.4 is 0 Å². The Balaban J connectivity index is 2.56. The summed E-state index contributed by atoms with van der Waals surface area (Å²) in [7, 11) is -6.95. The highest BCUT2D eigenvalue weighted by molar-refractivity contribution is 7.95. The fourth-order valence-electron chi connectivity index (χ4n) is 1.78. The summed E-state index contributed by atoms with van der Waals surface area (Å²) in [5, 5.41) is 10.3. The normalized spacial score (nSPS) is 17.3. The number of hydrogen-bond acceptors (Lipinski definition) is 5. The number of phenols is 1. The van der Waals surface area contributed by atoms with Gasteiger partial charge in [-0.25, -0.2) is 16.8 Å². The first-order chi connectivity index (χ1) is 8.25. The molecule has 1 N–H and O–H groups in total. The summed E-state index contributed by atoms with van der Waals surface area (Å²) in [6.07, 6.45) is 0. The number of hydrogen-bond donors (Lipinski definition) is 1. The molecule has 1 aliphatic heterocycles. The average molecular weight is 288 g/mol. The highest BCUT2D eigenvalue weighted by Crippen LogP contribution is 2.36. The Kier molecular flexibility index (Phi) is 2.98. The van der Waals surface area contributed by atoms with Gasteiger partial charge in [-0.2, -0.15) is 0 Å². The Labute approximate surface area is 106 Å². The molecule has 0 radical (unpaired) electrons. The first kappa shape index (κ1) is 13.1. The largest absolute Gasteiger partial charge is 0.508 e. The molecule has 1 aromatic carbocycles. The molecule has 0 aliphatic carbocycles. The second kappa shape index (κ2) is 4.10. The van der Waals surface area contributed by atoms with Crippen LogP contribution in [-0.2, 0) is 19.7 Å². The number of aromatic hydroxyl groups is 1. The minimum atomic E-state index is -3.64. The minimum absolute atomic E-state index is 0.0381. The van der Waals surface area contributed by atoms with Crippen molar-refractivity contribution in [3.8, 4) is 5.75 Å². The Morgan fingerprint density at radius 2 is 1.94 bits per heavy atom. The summed E-state index contributed by atoms with van der Waals surface area (Å²) in [4.78, 5) is -0.0381. The maximum atomic E-state index is 11.8. The zero-order chi connectivity index (χ0) is 13.6. The first-order valence-electron chi connectivity index (χ1n) is 5.24. The standard InChI is InChI=1S/C11H12O5S2/c1-2-17(13,14)6-8-7-18(15,16)11-5-9(12)3-4-10(8)11/h3-5,7,12H,2,6H2,1H3. The van der Waals surface area contributed by atoms with Crippen molar-refractivity contribution >= 4 is 25.2 Å². The molecule has 1 aliphatic rings. The van der Waals surface area contributed by atoms with Crippen LogP contribution in [0.5, 0.6) is 5.75 Å². The van der Waals surface area contributed by atoms with Gasteiger partial charge < -0.3 is 5.11 Å². The molecule has 5 nitrogen and oxygen atoms in total. The van der Waals surface area contributed by atoms with Gasteiger partial charge in [0.15, 0.2) is 9.84 Å². The van der Waals surface area contributed by atoms with Gasteiger partial charge in [0.2, 0.25) is 9.84 Å². The van der Waals surface area contributed by atoms with Gasteiger partial charge in [-0.3, -0.25) is 0 Å². The van der Waals surface area contributed by atoms with Gasteiger partial charge in [-0.1, -0.05) is 6.92 Å². The number of sulfone groups is 2. The van der Waals surface area contributed by atoms with Crippen molar-refractivity contribution in [3.05, 3.63) is 29.2 Å². The lowest BCUT2D eigenvalue weighted by Gasteiger charge is -2.04. The third-order valence-corrected chi connectivity index (χ3v) is 5.91. The van der Waals surface area contributed by atoms with E-state index in [9.17, 15) is 21.9 Å². The smallest absolute Gasteiger partial charge is 0.200 e. The van der Waals surface area contributed by atoms with Gasteiger partial charge in [-0.05, 0) is 29.3 Å². The van der Waals surface area contributed by atoms with E-state index in [0.29, 0.717) is 5.56 Å². The van der Waals surface area contributed by atoms with E-state index in [4.69, 9.17) is 0 Å². The van der Waals surface area contributed by atoms with E-state index in [1.165, 1.54) is 19.1 Å². The summed E-state index contributed by atoms with van der Waals surface area (Å²) in [5.41, 5.74) is 0.608. The van der Waals surface area contributed by atoms with Crippen molar-refractivity contribution in [2.75, 3.05) is 11.5 Å². The van der Waals surface area contributed by atoms with Crippen molar-refractivity contribution in [1.29, 1.82) is 0 Å². The van der Waals surface area contributed by atoms with Crippen molar-refractivity contribution in [3.63, 3.8) is 0 Å². The summed E-state index contributed by atoms with van der Waals surface area (Å²) >= 11 is 0. The number of benzene rings is 1. The van der Waals surface area contributed by atoms with Crippen molar-refractivity contribution < 1.29 is 21.9 Å².